The number of fused-ring (bicyclic) bond motifs is 1. The molecule has 0 aliphatic carbocycles. The van der Waals surface area contributed by atoms with Gasteiger partial charge in [-0.2, -0.15) is 0 Å². The second-order valence-electron chi connectivity index (χ2n) is 8.01. The van der Waals surface area contributed by atoms with Crippen LogP contribution in [-0.2, 0) is 22.6 Å². The van der Waals surface area contributed by atoms with E-state index in [1.807, 2.05) is 10.6 Å². The van der Waals surface area contributed by atoms with Crippen LogP contribution >= 0.6 is 0 Å². The van der Waals surface area contributed by atoms with E-state index in [-0.39, 0.29) is 18.0 Å². The summed E-state index contributed by atoms with van der Waals surface area (Å²) < 4.78 is 1.81. The zero-order valence-corrected chi connectivity index (χ0v) is 17.1. The van der Waals surface area contributed by atoms with E-state index in [2.05, 4.69) is 16.8 Å². The van der Waals surface area contributed by atoms with Gasteiger partial charge >= 0.3 is 0 Å². The molecule has 5 N–H and O–H groups in total. The number of primary amides is 2. The number of hydrogen-bond donors (Lipinski definition) is 3. The van der Waals surface area contributed by atoms with Crippen molar-refractivity contribution in [3.8, 4) is 23.2 Å². The van der Waals surface area contributed by atoms with Crippen molar-refractivity contribution in [3.63, 3.8) is 0 Å². The Balaban J connectivity index is 1.72. The average molecular weight is 421 g/mol. The summed E-state index contributed by atoms with van der Waals surface area (Å²) in [5.41, 5.74) is 11.4. The molecule has 9 nitrogen and oxygen atoms in total. The molecule has 1 saturated heterocycles. The van der Waals surface area contributed by atoms with Crippen molar-refractivity contribution in [2.45, 2.75) is 31.4 Å². The third-order valence-corrected chi connectivity index (χ3v) is 5.88. The van der Waals surface area contributed by atoms with Gasteiger partial charge < -0.3 is 26.0 Å². The van der Waals surface area contributed by atoms with Gasteiger partial charge in [-0.1, -0.05) is 24.0 Å². The Labute approximate surface area is 179 Å². The first-order valence-corrected chi connectivity index (χ1v) is 9.99. The molecule has 0 radical (unpaired) electrons. The van der Waals surface area contributed by atoms with E-state index in [4.69, 9.17) is 11.5 Å². The van der Waals surface area contributed by atoms with Crippen LogP contribution in [0.25, 0.3) is 11.4 Å². The number of carbonyl (C=O) groups is 3. The Hall–Kier alpha value is -3.64. The predicted molar refractivity (Wildman–Crippen MR) is 111 cm³/mol. The molecule has 2 atom stereocenters. The van der Waals surface area contributed by atoms with Crippen LogP contribution in [0.15, 0.2) is 24.3 Å². The molecule has 1 unspecified atom stereocenters. The van der Waals surface area contributed by atoms with E-state index in [1.165, 1.54) is 4.90 Å². The lowest BCUT2D eigenvalue weighted by molar-refractivity contribution is -0.137. The van der Waals surface area contributed by atoms with E-state index in [9.17, 15) is 19.5 Å². The van der Waals surface area contributed by atoms with Crippen molar-refractivity contribution in [2.24, 2.45) is 17.4 Å². The van der Waals surface area contributed by atoms with Gasteiger partial charge in [0.1, 0.15) is 11.5 Å². The largest absolute Gasteiger partial charge is 0.369 e. The highest BCUT2D eigenvalue weighted by Gasteiger charge is 2.42. The normalized spacial score (nSPS) is 22.6. The summed E-state index contributed by atoms with van der Waals surface area (Å²) in [6.45, 7) is 0.762. The highest BCUT2D eigenvalue weighted by atomic mass is 16.3. The van der Waals surface area contributed by atoms with Crippen LogP contribution in [0.4, 0.5) is 0 Å². The molecular formula is C22H23N5O4. The number of nitrogens with zero attached hydrogens (tertiary/aromatic N) is 3. The number of likely N-dealkylation sites (N-methyl/N-ethyl adjacent to an activating group) is 1. The minimum Gasteiger partial charge on any atom is -0.369 e. The van der Waals surface area contributed by atoms with Crippen LogP contribution in [0.2, 0.25) is 0 Å². The third kappa shape index (κ3) is 3.66. The highest BCUT2D eigenvalue weighted by molar-refractivity contribution is 5.93. The fraction of sp³-hybridized carbons (Fsp3) is 0.364. The molecule has 9 heteroatoms. The number of aliphatic hydroxyl groups is 1. The Morgan fingerprint density at radius 3 is 2.74 bits per heavy atom. The molecule has 2 aliphatic heterocycles. The molecular weight excluding hydrogens is 398 g/mol. The van der Waals surface area contributed by atoms with Gasteiger partial charge in [-0.15, -0.1) is 0 Å². The minimum absolute atomic E-state index is 0.184. The van der Waals surface area contributed by atoms with Gasteiger partial charge in [-0.05, 0) is 25.0 Å². The molecule has 31 heavy (non-hydrogen) atoms. The Morgan fingerprint density at radius 1 is 1.32 bits per heavy atom. The zero-order valence-electron chi connectivity index (χ0n) is 17.1. The van der Waals surface area contributed by atoms with Gasteiger partial charge in [0, 0.05) is 37.7 Å². The lowest BCUT2D eigenvalue weighted by Crippen LogP contribution is -2.37. The SMILES string of the molecule is CN1CC[C@@](O)(C#Cc2cccc(-c3nc(C(N)=O)c4n3CC(C(N)=O)CC4)c2)C1=O. The lowest BCUT2D eigenvalue weighted by Gasteiger charge is -2.23. The van der Waals surface area contributed by atoms with Crippen LogP contribution < -0.4 is 11.5 Å². The molecule has 0 spiro atoms. The quantitative estimate of drug-likeness (QED) is 0.580. The number of likely N-dealkylation sites (tertiary alicyclic amines) is 1. The van der Waals surface area contributed by atoms with E-state index in [0.29, 0.717) is 48.6 Å². The van der Waals surface area contributed by atoms with Gasteiger partial charge in [0.2, 0.25) is 11.5 Å². The van der Waals surface area contributed by atoms with Crippen LogP contribution in [0, 0.1) is 17.8 Å². The number of nitrogens with two attached hydrogens (primary N) is 2. The fourth-order valence-electron chi connectivity index (χ4n) is 4.09. The minimum atomic E-state index is -1.69. The molecule has 3 amide bonds. The summed E-state index contributed by atoms with van der Waals surface area (Å²) in [7, 11) is 1.62. The molecule has 2 aromatic rings. The topological polar surface area (TPSA) is 145 Å². The molecule has 2 aliphatic rings. The average Bonchev–Trinajstić information content (AvgIpc) is 3.26. The number of benzene rings is 1. The molecule has 4 rings (SSSR count). The summed E-state index contributed by atoms with van der Waals surface area (Å²) in [5, 5.41) is 10.5. The number of amides is 3. The van der Waals surface area contributed by atoms with Crippen LogP contribution in [-0.4, -0.2) is 56.5 Å². The summed E-state index contributed by atoms with van der Waals surface area (Å²) in [6, 6.07) is 7.09. The van der Waals surface area contributed by atoms with E-state index in [1.54, 1.807) is 25.2 Å². The fourth-order valence-corrected chi connectivity index (χ4v) is 4.09. The van der Waals surface area contributed by atoms with E-state index in [0.717, 1.165) is 0 Å². The summed E-state index contributed by atoms with van der Waals surface area (Å²) in [4.78, 5) is 41.7. The first kappa shape index (κ1) is 20.6. The predicted octanol–water partition coefficient (Wildman–Crippen LogP) is -0.359. The van der Waals surface area contributed by atoms with Crippen molar-refractivity contribution in [1.29, 1.82) is 0 Å². The molecule has 160 valence electrons. The van der Waals surface area contributed by atoms with Crippen molar-refractivity contribution >= 4 is 17.7 Å². The standard InChI is InChI=1S/C22H23N5O4/c1-26-10-9-22(31,21(26)30)8-7-13-3-2-4-14(11-13)20-25-17(19(24)29)16-6-5-15(18(23)28)12-27(16)20/h2-4,11,15,31H,5-6,9-10,12H2,1H3,(H2,23,28)(H2,24,29)/t15?,22-/m0/s1. The molecule has 1 aromatic heterocycles. The Bertz CT molecular complexity index is 1160. The number of carbonyl (C=O) groups excluding carboxylic acids is 3. The van der Waals surface area contributed by atoms with E-state index >= 15 is 0 Å². The van der Waals surface area contributed by atoms with Crippen molar-refractivity contribution in [2.75, 3.05) is 13.6 Å². The molecule has 3 heterocycles. The first-order chi connectivity index (χ1) is 14.7. The summed E-state index contributed by atoms with van der Waals surface area (Å²) in [6.07, 6.45) is 1.26. The van der Waals surface area contributed by atoms with Gasteiger partial charge in [0.05, 0.1) is 11.6 Å². The number of aromatic nitrogens is 2. The van der Waals surface area contributed by atoms with Crippen LogP contribution in [0.1, 0.15) is 34.6 Å². The van der Waals surface area contributed by atoms with Gasteiger partial charge in [0.25, 0.3) is 11.8 Å². The van der Waals surface area contributed by atoms with Gasteiger partial charge in [-0.25, -0.2) is 4.98 Å². The number of imidazole rings is 1. The number of hydrogen-bond acceptors (Lipinski definition) is 5. The van der Waals surface area contributed by atoms with Crippen LogP contribution in [0.3, 0.4) is 0 Å². The maximum absolute atomic E-state index is 12.1. The van der Waals surface area contributed by atoms with Crippen LogP contribution in [0.5, 0.6) is 0 Å². The highest BCUT2D eigenvalue weighted by Crippen LogP contribution is 2.30. The maximum atomic E-state index is 12.1. The molecule has 1 fully saturated rings. The summed E-state index contributed by atoms with van der Waals surface area (Å²) in [5.74, 6) is 4.26. The Kier molecular flexibility index (Phi) is 5.03. The molecule has 0 bridgehead atoms. The van der Waals surface area contributed by atoms with Crippen molar-refractivity contribution < 1.29 is 19.5 Å². The monoisotopic (exact) mass is 421 g/mol. The second-order valence-corrected chi connectivity index (χ2v) is 8.01. The lowest BCUT2D eigenvalue weighted by atomic mass is 9.96. The zero-order chi connectivity index (χ0) is 22.3. The molecule has 0 saturated carbocycles. The van der Waals surface area contributed by atoms with Crippen molar-refractivity contribution in [1.82, 2.24) is 14.5 Å². The van der Waals surface area contributed by atoms with Gasteiger partial charge in [0.15, 0.2) is 0 Å². The van der Waals surface area contributed by atoms with E-state index < -0.39 is 23.3 Å². The number of rotatable bonds is 3. The summed E-state index contributed by atoms with van der Waals surface area (Å²) >= 11 is 0. The smallest absolute Gasteiger partial charge is 0.269 e. The van der Waals surface area contributed by atoms with Crippen molar-refractivity contribution in [3.05, 3.63) is 41.2 Å². The first-order valence-electron chi connectivity index (χ1n) is 9.99. The van der Waals surface area contributed by atoms with Gasteiger partial charge in [-0.3, -0.25) is 14.4 Å². The third-order valence-electron chi connectivity index (χ3n) is 5.88. The Morgan fingerprint density at radius 2 is 2.10 bits per heavy atom. The molecule has 1 aromatic carbocycles. The maximum Gasteiger partial charge on any atom is 0.269 e. The second kappa shape index (κ2) is 7.56.